The van der Waals surface area contributed by atoms with Crippen LogP contribution in [0.2, 0.25) is 5.02 Å². The van der Waals surface area contributed by atoms with Gasteiger partial charge in [-0.3, -0.25) is 4.79 Å². The van der Waals surface area contributed by atoms with E-state index in [2.05, 4.69) is 5.32 Å². The maximum Gasteiger partial charge on any atom is 0.255 e. The van der Waals surface area contributed by atoms with E-state index in [1.165, 1.54) is 25.0 Å². The van der Waals surface area contributed by atoms with Crippen LogP contribution in [0.25, 0.3) is 0 Å². The molecule has 0 spiro atoms. The summed E-state index contributed by atoms with van der Waals surface area (Å²) in [5, 5.41) is 3.69. The van der Waals surface area contributed by atoms with Gasteiger partial charge in [0.05, 0.1) is 10.6 Å². The van der Waals surface area contributed by atoms with Gasteiger partial charge in [0.15, 0.2) is 0 Å². The number of carbonyl (C=O) groups excluding carboxylic acids is 1. The first kappa shape index (κ1) is 15.3. The Morgan fingerprint density at radius 3 is 2.90 bits per heavy atom. The smallest absolute Gasteiger partial charge is 0.255 e. The van der Waals surface area contributed by atoms with Gasteiger partial charge in [-0.1, -0.05) is 18.0 Å². The highest BCUT2D eigenvalue weighted by Crippen LogP contribution is 2.22. The average Bonchev–Trinajstić information content (AvgIpc) is 2.43. The van der Waals surface area contributed by atoms with Crippen LogP contribution in [0.3, 0.4) is 0 Å². The summed E-state index contributed by atoms with van der Waals surface area (Å²) in [5.41, 5.74) is 0.677. The Kier molecular flexibility index (Phi) is 5.00. The zero-order valence-corrected chi connectivity index (χ0v) is 12.6. The van der Waals surface area contributed by atoms with Crippen molar-refractivity contribution >= 4 is 17.5 Å². The Morgan fingerprint density at radius 2 is 2.25 bits per heavy atom. The molecule has 1 saturated heterocycles. The fourth-order valence-corrected chi connectivity index (χ4v) is 2.81. The highest BCUT2D eigenvalue weighted by atomic mass is 35.5. The van der Waals surface area contributed by atoms with Crippen LogP contribution < -0.4 is 5.32 Å². The fraction of sp³-hybridized carbons (Fsp3) is 0.533. The number of hydrogen-bond donors (Lipinski definition) is 1. The van der Waals surface area contributed by atoms with Crippen LogP contribution in [0.5, 0.6) is 0 Å². The second-order valence-electron chi connectivity index (χ2n) is 5.41. The lowest BCUT2D eigenvalue weighted by Crippen LogP contribution is -2.44. The van der Waals surface area contributed by atoms with Crippen molar-refractivity contribution in [3.8, 4) is 0 Å². The fourth-order valence-electron chi connectivity index (χ4n) is 2.51. The molecule has 0 radical (unpaired) electrons. The van der Waals surface area contributed by atoms with Crippen LogP contribution in [0, 0.1) is 12.7 Å². The molecule has 1 aromatic rings. The van der Waals surface area contributed by atoms with Gasteiger partial charge >= 0.3 is 0 Å². The summed E-state index contributed by atoms with van der Waals surface area (Å²) in [4.78, 5) is 14.0. The van der Waals surface area contributed by atoms with Crippen LogP contribution in [-0.4, -0.2) is 37.0 Å². The minimum absolute atomic E-state index is 0.230. The van der Waals surface area contributed by atoms with Crippen LogP contribution in [0.15, 0.2) is 12.1 Å². The molecule has 20 heavy (non-hydrogen) atoms. The van der Waals surface area contributed by atoms with Crippen LogP contribution in [-0.2, 0) is 0 Å². The number of hydrogen-bond acceptors (Lipinski definition) is 2. The van der Waals surface area contributed by atoms with Gasteiger partial charge in [-0.25, -0.2) is 4.39 Å². The minimum atomic E-state index is -0.401. The zero-order valence-electron chi connectivity index (χ0n) is 11.9. The van der Waals surface area contributed by atoms with Crippen molar-refractivity contribution < 1.29 is 9.18 Å². The number of halogens is 2. The Bertz CT molecular complexity index is 501. The molecule has 1 aliphatic heterocycles. The van der Waals surface area contributed by atoms with E-state index in [-0.39, 0.29) is 11.5 Å². The van der Waals surface area contributed by atoms with Gasteiger partial charge in [0, 0.05) is 19.6 Å². The predicted molar refractivity (Wildman–Crippen MR) is 78.7 cm³/mol. The summed E-state index contributed by atoms with van der Waals surface area (Å²) in [5.74, 6) is -0.636. The first-order chi connectivity index (χ1) is 9.49. The number of nitrogens with one attached hydrogen (secondary N) is 1. The van der Waals surface area contributed by atoms with Gasteiger partial charge in [-0.2, -0.15) is 0 Å². The Labute approximate surface area is 124 Å². The Hall–Kier alpha value is -1.13. The van der Waals surface area contributed by atoms with E-state index in [4.69, 9.17) is 11.6 Å². The second kappa shape index (κ2) is 6.55. The van der Waals surface area contributed by atoms with Gasteiger partial charge in [0.2, 0.25) is 0 Å². The lowest BCUT2D eigenvalue weighted by Gasteiger charge is -2.28. The van der Waals surface area contributed by atoms with Crippen molar-refractivity contribution in [3.63, 3.8) is 0 Å². The van der Waals surface area contributed by atoms with Crippen molar-refractivity contribution in [2.75, 3.05) is 20.1 Å². The van der Waals surface area contributed by atoms with E-state index < -0.39 is 5.82 Å². The number of carbonyl (C=O) groups is 1. The van der Waals surface area contributed by atoms with Crippen LogP contribution in [0.4, 0.5) is 4.39 Å². The molecule has 1 N–H and O–H groups in total. The third kappa shape index (κ3) is 3.49. The number of benzene rings is 1. The largest absolute Gasteiger partial charge is 0.340 e. The molecule has 0 aliphatic carbocycles. The number of nitrogens with zero attached hydrogens (tertiary/aromatic N) is 1. The van der Waals surface area contributed by atoms with Crippen molar-refractivity contribution in [1.29, 1.82) is 0 Å². The number of amides is 1. The Balaban J connectivity index is 2.08. The first-order valence-corrected chi connectivity index (χ1v) is 7.31. The molecular formula is C15H20ClFN2O. The van der Waals surface area contributed by atoms with Gasteiger partial charge in [-0.15, -0.1) is 0 Å². The summed E-state index contributed by atoms with van der Waals surface area (Å²) >= 11 is 6.05. The quantitative estimate of drug-likeness (QED) is 0.930. The molecule has 110 valence electrons. The van der Waals surface area contributed by atoms with Gasteiger partial charge in [-0.05, 0) is 44.0 Å². The summed E-state index contributed by atoms with van der Waals surface area (Å²) < 4.78 is 13.6. The van der Waals surface area contributed by atoms with Crippen molar-refractivity contribution in [2.45, 2.75) is 32.2 Å². The number of piperidine rings is 1. The molecule has 1 heterocycles. The second-order valence-corrected chi connectivity index (χ2v) is 5.82. The van der Waals surface area contributed by atoms with E-state index in [9.17, 15) is 9.18 Å². The van der Waals surface area contributed by atoms with Crippen LogP contribution >= 0.6 is 11.6 Å². The normalized spacial score (nSPS) is 18.9. The molecule has 1 amide bonds. The third-order valence-corrected chi connectivity index (χ3v) is 4.04. The lowest BCUT2D eigenvalue weighted by molar-refractivity contribution is 0.0775. The Morgan fingerprint density at radius 1 is 1.50 bits per heavy atom. The highest BCUT2D eigenvalue weighted by molar-refractivity contribution is 6.33. The third-order valence-electron chi connectivity index (χ3n) is 3.73. The summed E-state index contributed by atoms with van der Waals surface area (Å²) in [6, 6.07) is 3.04. The van der Waals surface area contributed by atoms with Gasteiger partial charge in [0.1, 0.15) is 5.82 Å². The molecule has 0 bridgehead atoms. The summed E-state index contributed by atoms with van der Waals surface area (Å²) in [6.07, 6.45) is 3.43. The molecule has 1 atom stereocenters. The molecule has 5 heteroatoms. The molecule has 1 unspecified atom stereocenters. The minimum Gasteiger partial charge on any atom is -0.340 e. The molecule has 1 fully saturated rings. The van der Waals surface area contributed by atoms with Gasteiger partial charge < -0.3 is 10.2 Å². The van der Waals surface area contributed by atoms with E-state index >= 15 is 0 Å². The van der Waals surface area contributed by atoms with Gasteiger partial charge in [0.25, 0.3) is 5.91 Å². The predicted octanol–water partition coefficient (Wildman–Crippen LogP) is 3.00. The number of rotatable bonds is 3. The van der Waals surface area contributed by atoms with Crippen molar-refractivity contribution in [3.05, 3.63) is 34.1 Å². The summed E-state index contributed by atoms with van der Waals surface area (Å²) in [6.45, 7) is 3.24. The number of aryl methyl sites for hydroxylation is 1. The van der Waals surface area contributed by atoms with E-state index in [1.807, 2.05) is 0 Å². The lowest BCUT2D eigenvalue weighted by atomic mass is 10.0. The molecule has 2 rings (SSSR count). The SMILES string of the molecule is Cc1cc(Cl)c(C(=O)N(C)CC2CCCCN2)cc1F. The van der Waals surface area contributed by atoms with Crippen molar-refractivity contribution in [1.82, 2.24) is 10.2 Å². The topological polar surface area (TPSA) is 32.3 Å². The van der Waals surface area contributed by atoms with E-state index in [0.717, 1.165) is 13.0 Å². The molecule has 0 saturated carbocycles. The zero-order chi connectivity index (χ0) is 14.7. The van der Waals surface area contributed by atoms with E-state index in [0.29, 0.717) is 23.2 Å². The summed E-state index contributed by atoms with van der Waals surface area (Å²) in [7, 11) is 1.73. The standard InChI is InChI=1S/C15H20ClFN2O/c1-10-7-13(16)12(8-14(10)17)15(20)19(2)9-11-5-3-4-6-18-11/h7-8,11,18H,3-6,9H2,1-2H3. The van der Waals surface area contributed by atoms with E-state index in [1.54, 1.807) is 18.9 Å². The highest BCUT2D eigenvalue weighted by Gasteiger charge is 2.21. The van der Waals surface area contributed by atoms with Crippen LogP contribution in [0.1, 0.15) is 35.2 Å². The molecule has 0 aromatic heterocycles. The molecule has 1 aromatic carbocycles. The number of likely N-dealkylation sites (N-methyl/N-ethyl adjacent to an activating group) is 1. The first-order valence-electron chi connectivity index (χ1n) is 6.93. The molecule has 3 nitrogen and oxygen atoms in total. The maximum atomic E-state index is 13.6. The van der Waals surface area contributed by atoms with Crippen molar-refractivity contribution in [2.24, 2.45) is 0 Å². The maximum absolute atomic E-state index is 13.6. The molecule has 1 aliphatic rings. The molecular weight excluding hydrogens is 279 g/mol. The average molecular weight is 299 g/mol. The monoisotopic (exact) mass is 298 g/mol.